The van der Waals surface area contributed by atoms with E-state index in [-0.39, 0.29) is 11.7 Å². The number of aryl methyl sites for hydroxylation is 1. The summed E-state index contributed by atoms with van der Waals surface area (Å²) in [4.78, 5) is 23.1. The summed E-state index contributed by atoms with van der Waals surface area (Å²) >= 11 is 0. The number of hydrogen-bond donors (Lipinski definition) is 2. The highest BCUT2D eigenvalue weighted by molar-refractivity contribution is 5.90. The number of nitrogens with zero attached hydrogens (tertiary/aromatic N) is 3. The zero-order valence-electron chi connectivity index (χ0n) is 16.3. The van der Waals surface area contributed by atoms with Gasteiger partial charge in [-0.15, -0.1) is 0 Å². The van der Waals surface area contributed by atoms with Crippen molar-refractivity contribution in [2.45, 2.75) is 51.6 Å². The Kier molecular flexibility index (Phi) is 6.09. The number of aromatic nitrogens is 2. The van der Waals surface area contributed by atoms with Crippen molar-refractivity contribution < 1.29 is 9.53 Å². The minimum atomic E-state index is -0.236. The van der Waals surface area contributed by atoms with Crippen molar-refractivity contribution in [1.29, 1.82) is 0 Å². The van der Waals surface area contributed by atoms with E-state index >= 15 is 0 Å². The van der Waals surface area contributed by atoms with Crippen LogP contribution in [0.3, 0.4) is 0 Å². The largest absolute Gasteiger partial charge is 0.385 e. The van der Waals surface area contributed by atoms with Crippen LogP contribution in [-0.4, -0.2) is 61.8 Å². The molecule has 1 aromatic heterocycles. The van der Waals surface area contributed by atoms with E-state index in [9.17, 15) is 4.79 Å². The predicted molar refractivity (Wildman–Crippen MR) is 102 cm³/mol. The molecule has 1 amide bonds. The maximum absolute atomic E-state index is 11.9. The summed E-state index contributed by atoms with van der Waals surface area (Å²) in [5, 5.41) is 6.41. The first-order chi connectivity index (χ1) is 12.5. The summed E-state index contributed by atoms with van der Waals surface area (Å²) in [6.07, 6.45) is 4.79. The molecule has 2 N–H and O–H groups in total. The second-order valence-electron chi connectivity index (χ2n) is 7.57. The van der Waals surface area contributed by atoms with Gasteiger partial charge in [-0.2, -0.15) is 0 Å². The smallest absolute Gasteiger partial charge is 0.288 e. The number of methoxy groups -OCH3 is 1. The molecule has 7 nitrogen and oxygen atoms in total. The Morgan fingerprint density at radius 3 is 2.73 bits per heavy atom. The molecular weight excluding hydrogens is 330 g/mol. The Morgan fingerprint density at radius 2 is 2.04 bits per heavy atom. The summed E-state index contributed by atoms with van der Waals surface area (Å²) in [7, 11) is 3.38. The zero-order valence-corrected chi connectivity index (χ0v) is 16.3. The van der Waals surface area contributed by atoms with Gasteiger partial charge in [-0.1, -0.05) is 0 Å². The maximum atomic E-state index is 11.9. The number of carbonyl (C=O) groups excluding carboxylic acids is 1. The van der Waals surface area contributed by atoms with E-state index in [4.69, 9.17) is 4.74 Å². The van der Waals surface area contributed by atoms with Crippen LogP contribution in [0.2, 0.25) is 0 Å². The Labute approximate surface area is 155 Å². The number of anilines is 1. The highest BCUT2D eigenvalue weighted by Crippen LogP contribution is 2.32. The van der Waals surface area contributed by atoms with E-state index in [0.29, 0.717) is 12.1 Å². The topological polar surface area (TPSA) is 79.4 Å². The molecule has 2 aliphatic rings. The van der Waals surface area contributed by atoms with E-state index in [2.05, 4.69) is 25.5 Å². The Morgan fingerprint density at radius 1 is 1.27 bits per heavy atom. The van der Waals surface area contributed by atoms with Crippen molar-refractivity contribution in [3.63, 3.8) is 0 Å². The van der Waals surface area contributed by atoms with Crippen molar-refractivity contribution in [2.24, 2.45) is 5.92 Å². The molecule has 0 aromatic carbocycles. The quantitative estimate of drug-likeness (QED) is 0.765. The van der Waals surface area contributed by atoms with Crippen molar-refractivity contribution in [1.82, 2.24) is 20.6 Å². The van der Waals surface area contributed by atoms with Gasteiger partial charge in [-0.3, -0.25) is 4.79 Å². The molecule has 0 bridgehead atoms. The van der Waals surface area contributed by atoms with Gasteiger partial charge >= 0.3 is 0 Å². The SMILES string of the molecule is CNC(=O)c1nc(C)c(C)c(N2CC[C@@H](NC3CC(CCOC)C3)C2)n1. The zero-order chi connectivity index (χ0) is 18.7. The third-order valence-corrected chi connectivity index (χ3v) is 5.72. The number of rotatable bonds is 7. The Bertz CT molecular complexity index is 645. The molecule has 1 aliphatic carbocycles. The average Bonchev–Trinajstić information content (AvgIpc) is 3.06. The minimum absolute atomic E-state index is 0.236. The molecule has 2 heterocycles. The van der Waals surface area contributed by atoms with Crippen molar-refractivity contribution in [3.8, 4) is 0 Å². The van der Waals surface area contributed by atoms with E-state index < -0.39 is 0 Å². The van der Waals surface area contributed by atoms with Gasteiger partial charge in [0, 0.05) is 57.2 Å². The van der Waals surface area contributed by atoms with Crippen molar-refractivity contribution in [2.75, 3.05) is 38.8 Å². The highest BCUT2D eigenvalue weighted by atomic mass is 16.5. The van der Waals surface area contributed by atoms with Crippen LogP contribution in [0.1, 0.15) is 47.6 Å². The lowest BCUT2D eigenvalue weighted by Crippen LogP contribution is -2.47. The van der Waals surface area contributed by atoms with E-state index in [1.54, 1.807) is 14.2 Å². The third kappa shape index (κ3) is 4.15. The lowest BCUT2D eigenvalue weighted by molar-refractivity contribution is 0.0952. The summed E-state index contributed by atoms with van der Waals surface area (Å²) in [5.74, 6) is 1.72. The number of carbonyl (C=O) groups is 1. The summed E-state index contributed by atoms with van der Waals surface area (Å²) in [6.45, 7) is 6.74. The number of ether oxygens (including phenoxy) is 1. The van der Waals surface area contributed by atoms with Crippen LogP contribution in [-0.2, 0) is 4.74 Å². The van der Waals surface area contributed by atoms with Crippen LogP contribution in [0.15, 0.2) is 0 Å². The first-order valence-corrected chi connectivity index (χ1v) is 9.59. The molecular formula is C19H31N5O2. The lowest BCUT2D eigenvalue weighted by atomic mass is 9.78. The Hall–Kier alpha value is -1.73. The molecule has 0 unspecified atom stereocenters. The first kappa shape index (κ1) is 19.0. The van der Waals surface area contributed by atoms with Gasteiger partial charge in [-0.05, 0) is 45.4 Å². The van der Waals surface area contributed by atoms with Gasteiger partial charge < -0.3 is 20.3 Å². The molecule has 1 saturated carbocycles. The fraction of sp³-hybridized carbons (Fsp3) is 0.737. The van der Waals surface area contributed by atoms with E-state index in [0.717, 1.165) is 49.1 Å². The molecule has 26 heavy (non-hydrogen) atoms. The first-order valence-electron chi connectivity index (χ1n) is 9.59. The van der Waals surface area contributed by atoms with Crippen LogP contribution in [0.5, 0.6) is 0 Å². The Balaban J connectivity index is 1.57. The molecule has 1 aromatic rings. The van der Waals surface area contributed by atoms with Crippen molar-refractivity contribution >= 4 is 11.7 Å². The fourth-order valence-electron chi connectivity index (χ4n) is 3.95. The molecule has 3 rings (SSSR count). The average molecular weight is 361 g/mol. The number of hydrogen-bond acceptors (Lipinski definition) is 6. The molecule has 2 fully saturated rings. The van der Waals surface area contributed by atoms with Crippen molar-refractivity contribution in [3.05, 3.63) is 17.1 Å². The summed E-state index contributed by atoms with van der Waals surface area (Å²) in [5.41, 5.74) is 1.92. The molecule has 1 aliphatic heterocycles. The molecule has 1 atom stereocenters. The van der Waals surface area contributed by atoms with Crippen LogP contribution in [0.4, 0.5) is 5.82 Å². The van der Waals surface area contributed by atoms with Crippen LogP contribution in [0.25, 0.3) is 0 Å². The van der Waals surface area contributed by atoms with Gasteiger partial charge in [0.15, 0.2) is 0 Å². The molecule has 144 valence electrons. The molecule has 0 spiro atoms. The summed E-state index contributed by atoms with van der Waals surface area (Å²) < 4.78 is 5.17. The standard InChI is InChI=1S/C19H31N5O2/c1-12-13(2)21-17(19(25)20-3)23-18(12)24-7-5-15(11-24)22-16-9-14(10-16)6-8-26-4/h14-16,22H,5-11H2,1-4H3,(H,20,25)/t14?,15-,16?/m1/s1. The van der Waals surface area contributed by atoms with E-state index in [1.165, 1.54) is 19.3 Å². The van der Waals surface area contributed by atoms with Gasteiger partial charge in [0.05, 0.1) is 0 Å². The minimum Gasteiger partial charge on any atom is -0.385 e. The molecule has 0 radical (unpaired) electrons. The third-order valence-electron chi connectivity index (χ3n) is 5.72. The van der Waals surface area contributed by atoms with Gasteiger partial charge in [-0.25, -0.2) is 9.97 Å². The monoisotopic (exact) mass is 361 g/mol. The van der Waals surface area contributed by atoms with Gasteiger partial charge in [0.25, 0.3) is 5.91 Å². The summed E-state index contributed by atoms with van der Waals surface area (Å²) in [6, 6.07) is 1.12. The molecule has 7 heteroatoms. The fourth-order valence-corrected chi connectivity index (χ4v) is 3.95. The predicted octanol–water partition coefficient (Wildman–Crippen LogP) is 1.44. The lowest BCUT2D eigenvalue weighted by Gasteiger charge is -2.37. The van der Waals surface area contributed by atoms with Crippen LogP contribution < -0.4 is 15.5 Å². The van der Waals surface area contributed by atoms with E-state index in [1.807, 2.05) is 13.8 Å². The van der Waals surface area contributed by atoms with Gasteiger partial charge in [0.1, 0.15) is 5.82 Å². The van der Waals surface area contributed by atoms with Gasteiger partial charge in [0.2, 0.25) is 5.82 Å². The molecule has 1 saturated heterocycles. The highest BCUT2D eigenvalue weighted by Gasteiger charge is 2.33. The van der Waals surface area contributed by atoms with Crippen LogP contribution in [0, 0.1) is 19.8 Å². The maximum Gasteiger partial charge on any atom is 0.288 e. The van der Waals surface area contributed by atoms with Crippen LogP contribution >= 0.6 is 0 Å². The second kappa shape index (κ2) is 8.31. The second-order valence-corrected chi connectivity index (χ2v) is 7.57. The number of amides is 1. The number of nitrogens with one attached hydrogen (secondary N) is 2. The normalized spacial score (nSPS) is 25.2.